The van der Waals surface area contributed by atoms with Gasteiger partial charge in [0, 0.05) is 26.2 Å². The second-order valence-corrected chi connectivity index (χ2v) is 7.07. The summed E-state index contributed by atoms with van der Waals surface area (Å²) < 4.78 is 31.5. The number of benzene rings is 1. The van der Waals surface area contributed by atoms with Crippen LogP contribution in [0.3, 0.4) is 0 Å². The first kappa shape index (κ1) is 16.7. The molecule has 2 rings (SSSR count). The smallest absolute Gasteiger partial charge is 0.320 e. The van der Waals surface area contributed by atoms with Gasteiger partial charge in [-0.1, -0.05) is 0 Å². The van der Waals surface area contributed by atoms with E-state index in [0.717, 1.165) is 0 Å². The van der Waals surface area contributed by atoms with E-state index in [0.29, 0.717) is 18.8 Å². The number of aliphatic carboxylic acids is 1. The first-order valence-electron chi connectivity index (χ1n) is 6.97. The molecule has 1 aromatic rings. The molecule has 8 heteroatoms. The van der Waals surface area contributed by atoms with Gasteiger partial charge >= 0.3 is 5.97 Å². The van der Waals surface area contributed by atoms with Gasteiger partial charge in [-0.25, -0.2) is 8.42 Å². The number of sulfonamides is 1. The quantitative estimate of drug-likeness (QED) is 0.846. The van der Waals surface area contributed by atoms with E-state index in [1.165, 1.54) is 23.5 Å². The molecule has 1 aliphatic rings. The highest BCUT2D eigenvalue weighted by molar-refractivity contribution is 7.89. The van der Waals surface area contributed by atoms with Crippen LogP contribution in [0.25, 0.3) is 0 Å². The molecule has 0 amide bonds. The van der Waals surface area contributed by atoms with Crippen molar-refractivity contribution in [2.75, 3.05) is 33.3 Å². The molecular weight excluding hydrogens is 308 g/mol. The van der Waals surface area contributed by atoms with Crippen LogP contribution < -0.4 is 4.74 Å². The lowest BCUT2D eigenvalue weighted by Crippen LogP contribution is -2.53. The fourth-order valence-electron chi connectivity index (χ4n) is 2.38. The Bertz CT molecular complexity index is 621. The first-order valence-corrected chi connectivity index (χ1v) is 8.41. The van der Waals surface area contributed by atoms with Crippen LogP contribution in [-0.2, 0) is 14.8 Å². The number of carbonyl (C=O) groups is 1. The summed E-state index contributed by atoms with van der Waals surface area (Å²) >= 11 is 0. The molecule has 0 saturated carbocycles. The van der Waals surface area contributed by atoms with Crippen LogP contribution in [0.2, 0.25) is 0 Å². The molecule has 1 aliphatic heterocycles. The minimum atomic E-state index is -3.55. The molecule has 1 heterocycles. The Morgan fingerprint density at radius 2 is 1.73 bits per heavy atom. The van der Waals surface area contributed by atoms with Crippen LogP contribution >= 0.6 is 0 Å². The van der Waals surface area contributed by atoms with Crippen molar-refractivity contribution in [1.82, 2.24) is 9.21 Å². The van der Waals surface area contributed by atoms with Gasteiger partial charge in [0.2, 0.25) is 10.0 Å². The number of nitrogens with zero attached hydrogens (tertiary/aromatic N) is 2. The number of carboxylic acids is 1. The number of methoxy groups -OCH3 is 1. The Kier molecular flexibility index (Phi) is 5.05. The molecule has 1 saturated heterocycles. The zero-order valence-electron chi connectivity index (χ0n) is 12.6. The number of carboxylic acid groups (broad SMARTS) is 1. The second-order valence-electron chi connectivity index (χ2n) is 5.13. The number of hydrogen-bond donors (Lipinski definition) is 1. The highest BCUT2D eigenvalue weighted by Gasteiger charge is 2.31. The van der Waals surface area contributed by atoms with Crippen molar-refractivity contribution in [3.63, 3.8) is 0 Å². The third kappa shape index (κ3) is 3.40. The van der Waals surface area contributed by atoms with Gasteiger partial charge in [-0.15, -0.1) is 0 Å². The van der Waals surface area contributed by atoms with E-state index >= 15 is 0 Å². The van der Waals surface area contributed by atoms with Crippen LogP contribution in [0.4, 0.5) is 0 Å². The molecule has 1 unspecified atom stereocenters. The van der Waals surface area contributed by atoms with Crippen LogP contribution in [0.1, 0.15) is 6.92 Å². The molecular formula is C14H20N2O5S. The van der Waals surface area contributed by atoms with Gasteiger partial charge in [-0.05, 0) is 31.2 Å². The average molecular weight is 328 g/mol. The van der Waals surface area contributed by atoms with Gasteiger partial charge in [0.15, 0.2) is 0 Å². The molecule has 1 fully saturated rings. The Labute approximate surface area is 130 Å². The molecule has 0 spiro atoms. The van der Waals surface area contributed by atoms with Crippen molar-refractivity contribution in [3.05, 3.63) is 24.3 Å². The summed E-state index contributed by atoms with van der Waals surface area (Å²) in [5.41, 5.74) is 0. The van der Waals surface area contributed by atoms with Gasteiger partial charge in [0.25, 0.3) is 0 Å². The summed E-state index contributed by atoms with van der Waals surface area (Å²) in [5, 5.41) is 9.00. The van der Waals surface area contributed by atoms with Gasteiger partial charge in [-0.3, -0.25) is 9.69 Å². The fraction of sp³-hybridized carbons (Fsp3) is 0.500. The largest absolute Gasteiger partial charge is 0.497 e. The number of piperazine rings is 1. The van der Waals surface area contributed by atoms with Crippen molar-refractivity contribution in [2.24, 2.45) is 0 Å². The summed E-state index contributed by atoms with van der Waals surface area (Å²) in [6.45, 7) is 2.99. The van der Waals surface area contributed by atoms with E-state index in [-0.39, 0.29) is 18.0 Å². The van der Waals surface area contributed by atoms with Gasteiger partial charge in [0.05, 0.1) is 12.0 Å². The highest BCUT2D eigenvalue weighted by atomic mass is 32.2. The molecule has 0 radical (unpaired) electrons. The molecule has 0 aliphatic carbocycles. The van der Waals surface area contributed by atoms with Crippen molar-refractivity contribution < 1.29 is 23.1 Å². The van der Waals surface area contributed by atoms with Crippen LogP contribution in [0.15, 0.2) is 29.2 Å². The Balaban J connectivity index is 2.07. The lowest BCUT2D eigenvalue weighted by Gasteiger charge is -2.35. The maximum Gasteiger partial charge on any atom is 0.320 e. The van der Waals surface area contributed by atoms with Gasteiger partial charge in [0.1, 0.15) is 11.8 Å². The van der Waals surface area contributed by atoms with E-state index in [1.807, 2.05) is 0 Å². The van der Waals surface area contributed by atoms with E-state index in [4.69, 9.17) is 9.84 Å². The van der Waals surface area contributed by atoms with E-state index in [2.05, 4.69) is 0 Å². The highest BCUT2D eigenvalue weighted by Crippen LogP contribution is 2.21. The summed E-state index contributed by atoms with van der Waals surface area (Å²) in [5.74, 6) is -0.300. The van der Waals surface area contributed by atoms with Crippen LogP contribution in [0.5, 0.6) is 5.75 Å². The molecule has 7 nitrogen and oxygen atoms in total. The standard InChI is InChI=1S/C14H20N2O5S/c1-11(14(17)18)15-7-9-16(10-8-15)22(19,20)13-5-3-12(21-2)4-6-13/h3-6,11H,7-10H2,1-2H3,(H,17,18). The lowest BCUT2D eigenvalue weighted by molar-refractivity contribution is -0.143. The number of ether oxygens (including phenoxy) is 1. The van der Waals surface area contributed by atoms with Gasteiger partial charge in [-0.2, -0.15) is 4.31 Å². The molecule has 0 aromatic heterocycles. The monoisotopic (exact) mass is 328 g/mol. The maximum absolute atomic E-state index is 12.5. The summed E-state index contributed by atoms with van der Waals surface area (Å²) in [4.78, 5) is 13.0. The molecule has 1 N–H and O–H groups in total. The first-order chi connectivity index (χ1) is 10.4. The fourth-order valence-corrected chi connectivity index (χ4v) is 3.81. The minimum Gasteiger partial charge on any atom is -0.497 e. The van der Waals surface area contributed by atoms with Gasteiger partial charge < -0.3 is 9.84 Å². The number of rotatable bonds is 5. The van der Waals surface area contributed by atoms with E-state index in [9.17, 15) is 13.2 Å². The predicted molar refractivity (Wildman–Crippen MR) is 80.4 cm³/mol. The topological polar surface area (TPSA) is 87.2 Å². The van der Waals surface area contributed by atoms with Crippen molar-refractivity contribution >= 4 is 16.0 Å². The summed E-state index contributed by atoms with van der Waals surface area (Å²) in [7, 11) is -2.03. The molecule has 122 valence electrons. The Morgan fingerprint density at radius 1 is 1.18 bits per heavy atom. The van der Waals surface area contributed by atoms with Crippen LogP contribution in [0, 0.1) is 0 Å². The lowest BCUT2D eigenvalue weighted by atomic mass is 10.2. The Morgan fingerprint density at radius 3 is 2.18 bits per heavy atom. The molecule has 22 heavy (non-hydrogen) atoms. The van der Waals surface area contributed by atoms with E-state index < -0.39 is 22.0 Å². The zero-order chi connectivity index (χ0) is 16.3. The second kappa shape index (κ2) is 6.64. The normalized spacial score (nSPS) is 18.8. The maximum atomic E-state index is 12.5. The molecule has 0 bridgehead atoms. The Hall–Kier alpha value is -1.64. The average Bonchev–Trinajstić information content (AvgIpc) is 2.54. The van der Waals surface area contributed by atoms with Crippen LogP contribution in [-0.4, -0.2) is 68.0 Å². The number of hydrogen-bond acceptors (Lipinski definition) is 5. The SMILES string of the molecule is COc1ccc(S(=O)(=O)N2CCN(C(C)C(=O)O)CC2)cc1. The van der Waals surface area contributed by atoms with Crippen molar-refractivity contribution in [1.29, 1.82) is 0 Å². The molecule has 1 aromatic carbocycles. The van der Waals surface area contributed by atoms with E-state index in [1.54, 1.807) is 24.0 Å². The summed E-state index contributed by atoms with van der Waals surface area (Å²) in [6.07, 6.45) is 0. The predicted octanol–water partition coefficient (Wildman–Crippen LogP) is 0.475. The third-order valence-electron chi connectivity index (χ3n) is 3.88. The minimum absolute atomic E-state index is 0.216. The third-order valence-corrected chi connectivity index (χ3v) is 5.79. The van der Waals surface area contributed by atoms with Crippen molar-refractivity contribution in [3.8, 4) is 5.75 Å². The summed E-state index contributed by atoms with van der Waals surface area (Å²) in [6, 6.07) is 5.64. The molecule has 1 atom stereocenters. The zero-order valence-corrected chi connectivity index (χ0v) is 13.4. The van der Waals surface area contributed by atoms with Crippen molar-refractivity contribution in [2.45, 2.75) is 17.9 Å².